The van der Waals surface area contributed by atoms with Crippen LogP contribution in [-0.2, 0) is 6.18 Å². The number of alkyl halides is 3. The number of benzene rings is 1. The van der Waals surface area contributed by atoms with Gasteiger partial charge in [0.05, 0.1) is 0 Å². The van der Waals surface area contributed by atoms with Crippen molar-refractivity contribution in [2.75, 3.05) is 37.8 Å². The Morgan fingerprint density at radius 3 is 2.31 bits per heavy atom. The molecule has 26 heavy (non-hydrogen) atoms. The van der Waals surface area contributed by atoms with Crippen molar-refractivity contribution in [3.05, 3.63) is 41.6 Å². The Hall–Kier alpha value is -2.49. The molecule has 0 radical (unpaired) electrons. The first-order valence-electron chi connectivity index (χ1n) is 7.72. The second kappa shape index (κ2) is 8.26. The van der Waals surface area contributed by atoms with Gasteiger partial charge in [0.1, 0.15) is 23.1 Å². The molecule has 0 bridgehead atoms. The smallest absolute Gasteiger partial charge is 0.354 e. The van der Waals surface area contributed by atoms with Gasteiger partial charge in [0.2, 0.25) is 5.95 Å². The molecule has 0 amide bonds. The maximum absolute atomic E-state index is 13.7. The Kier molecular flexibility index (Phi) is 6.30. The number of nitrogens with one attached hydrogen (secondary N) is 2. The van der Waals surface area contributed by atoms with Crippen LogP contribution in [0.2, 0.25) is 0 Å². The Balaban J connectivity index is 2.26. The third kappa shape index (κ3) is 5.51. The molecule has 0 aliphatic rings. The fourth-order valence-corrected chi connectivity index (χ4v) is 2.08. The van der Waals surface area contributed by atoms with Gasteiger partial charge in [0, 0.05) is 12.6 Å². The number of aromatic nitrogens is 2. The van der Waals surface area contributed by atoms with Crippen LogP contribution in [0.3, 0.4) is 0 Å². The van der Waals surface area contributed by atoms with Crippen LogP contribution in [0, 0.1) is 11.6 Å². The number of anilines is 3. The van der Waals surface area contributed by atoms with Crippen molar-refractivity contribution in [2.24, 2.45) is 0 Å². The predicted octanol–water partition coefficient (Wildman–Crippen LogP) is 3.88. The summed E-state index contributed by atoms with van der Waals surface area (Å²) in [6, 6.07) is 3.71. The lowest BCUT2D eigenvalue weighted by molar-refractivity contribution is -0.141. The summed E-state index contributed by atoms with van der Waals surface area (Å²) in [6.45, 7) is 1.06. The lowest BCUT2D eigenvalue weighted by Crippen LogP contribution is -2.18. The molecule has 0 aliphatic carbocycles. The lowest BCUT2D eigenvalue weighted by atomic mass is 10.3. The monoisotopic (exact) mass is 375 g/mol. The molecule has 1 heterocycles. The maximum Gasteiger partial charge on any atom is 0.433 e. The van der Waals surface area contributed by atoms with Crippen LogP contribution in [0.1, 0.15) is 12.1 Å². The van der Waals surface area contributed by atoms with Crippen molar-refractivity contribution in [3.8, 4) is 0 Å². The number of rotatable bonds is 7. The summed E-state index contributed by atoms with van der Waals surface area (Å²) in [6.07, 6.45) is -4.08. The van der Waals surface area contributed by atoms with Crippen LogP contribution >= 0.6 is 0 Å². The number of hydrogen-bond acceptors (Lipinski definition) is 5. The maximum atomic E-state index is 13.7. The van der Waals surface area contributed by atoms with Crippen LogP contribution in [0.25, 0.3) is 0 Å². The Morgan fingerprint density at radius 1 is 1.08 bits per heavy atom. The molecule has 2 rings (SSSR count). The van der Waals surface area contributed by atoms with Gasteiger partial charge in [-0.3, -0.25) is 0 Å². The molecule has 0 fully saturated rings. The molecule has 0 saturated carbocycles. The van der Waals surface area contributed by atoms with Gasteiger partial charge in [0.15, 0.2) is 5.69 Å². The van der Waals surface area contributed by atoms with Crippen LogP contribution < -0.4 is 10.6 Å². The quantitative estimate of drug-likeness (QED) is 0.568. The molecule has 0 atom stereocenters. The molecule has 0 aliphatic heterocycles. The van der Waals surface area contributed by atoms with Gasteiger partial charge in [0.25, 0.3) is 0 Å². The van der Waals surface area contributed by atoms with Gasteiger partial charge in [-0.2, -0.15) is 18.2 Å². The van der Waals surface area contributed by atoms with Gasteiger partial charge in [-0.15, -0.1) is 0 Å². The number of para-hydroxylation sites is 1. The van der Waals surface area contributed by atoms with E-state index in [0.717, 1.165) is 24.7 Å². The van der Waals surface area contributed by atoms with Crippen molar-refractivity contribution in [1.29, 1.82) is 0 Å². The van der Waals surface area contributed by atoms with Gasteiger partial charge in [-0.25, -0.2) is 13.8 Å². The molecule has 0 unspecified atom stereocenters. The second-order valence-electron chi connectivity index (χ2n) is 5.77. The SMILES string of the molecule is CN(C)CCCNc1nc(Nc2c(F)cccc2F)cc(C(F)(F)F)n1. The van der Waals surface area contributed by atoms with E-state index in [0.29, 0.717) is 19.0 Å². The third-order valence-corrected chi connectivity index (χ3v) is 3.30. The minimum atomic E-state index is -4.73. The molecule has 1 aromatic carbocycles. The van der Waals surface area contributed by atoms with E-state index in [1.807, 2.05) is 19.0 Å². The van der Waals surface area contributed by atoms with Crippen molar-refractivity contribution in [1.82, 2.24) is 14.9 Å². The van der Waals surface area contributed by atoms with E-state index in [2.05, 4.69) is 20.6 Å². The lowest BCUT2D eigenvalue weighted by Gasteiger charge is -2.14. The highest BCUT2D eigenvalue weighted by molar-refractivity contribution is 5.59. The van der Waals surface area contributed by atoms with Gasteiger partial charge >= 0.3 is 6.18 Å². The van der Waals surface area contributed by atoms with Crippen molar-refractivity contribution < 1.29 is 22.0 Å². The summed E-state index contributed by atoms with van der Waals surface area (Å²) in [5, 5.41) is 4.94. The normalized spacial score (nSPS) is 11.7. The van der Waals surface area contributed by atoms with Crippen LogP contribution in [0.15, 0.2) is 24.3 Å². The minimum absolute atomic E-state index is 0.280. The Morgan fingerprint density at radius 2 is 1.73 bits per heavy atom. The van der Waals surface area contributed by atoms with Crippen molar-refractivity contribution >= 4 is 17.5 Å². The Bertz CT molecular complexity index is 728. The Labute approximate surface area is 147 Å². The molecule has 0 spiro atoms. The fraction of sp³-hybridized carbons (Fsp3) is 0.375. The molecule has 10 heteroatoms. The zero-order valence-electron chi connectivity index (χ0n) is 14.2. The highest BCUT2D eigenvalue weighted by atomic mass is 19.4. The summed E-state index contributed by atoms with van der Waals surface area (Å²) in [5.41, 5.74) is -1.81. The van der Waals surface area contributed by atoms with E-state index < -0.39 is 29.2 Å². The van der Waals surface area contributed by atoms with E-state index in [1.54, 1.807) is 0 Å². The molecule has 1 aromatic heterocycles. The summed E-state index contributed by atoms with van der Waals surface area (Å²) in [4.78, 5) is 9.20. The first kappa shape index (κ1) is 19.8. The summed E-state index contributed by atoms with van der Waals surface area (Å²) >= 11 is 0. The van der Waals surface area contributed by atoms with E-state index in [4.69, 9.17) is 0 Å². The summed E-state index contributed by atoms with van der Waals surface area (Å²) in [5.74, 6) is -2.54. The molecule has 2 N–H and O–H groups in total. The molecule has 142 valence electrons. The standard InChI is InChI=1S/C16H18F5N5/c1-26(2)8-4-7-22-15-23-12(16(19,20)21)9-13(25-15)24-14-10(17)5-3-6-11(14)18/h3,5-6,9H,4,7-8H2,1-2H3,(H2,22,23,24,25). The van der Waals surface area contributed by atoms with Crippen LogP contribution in [0.4, 0.5) is 39.4 Å². The van der Waals surface area contributed by atoms with Crippen molar-refractivity contribution in [3.63, 3.8) is 0 Å². The second-order valence-corrected chi connectivity index (χ2v) is 5.77. The fourth-order valence-electron chi connectivity index (χ4n) is 2.08. The first-order chi connectivity index (χ1) is 12.2. The predicted molar refractivity (Wildman–Crippen MR) is 88.3 cm³/mol. The van der Waals surface area contributed by atoms with E-state index >= 15 is 0 Å². The van der Waals surface area contributed by atoms with E-state index in [1.165, 1.54) is 0 Å². The van der Waals surface area contributed by atoms with Gasteiger partial charge < -0.3 is 15.5 Å². The average Bonchev–Trinajstić information content (AvgIpc) is 2.54. The molecule has 5 nitrogen and oxygen atoms in total. The van der Waals surface area contributed by atoms with Crippen LogP contribution in [-0.4, -0.2) is 42.1 Å². The van der Waals surface area contributed by atoms with E-state index in [-0.39, 0.29) is 11.8 Å². The first-order valence-corrected chi connectivity index (χ1v) is 7.72. The average molecular weight is 375 g/mol. The zero-order valence-corrected chi connectivity index (χ0v) is 14.2. The highest BCUT2D eigenvalue weighted by Crippen LogP contribution is 2.31. The number of halogens is 5. The highest BCUT2D eigenvalue weighted by Gasteiger charge is 2.34. The third-order valence-electron chi connectivity index (χ3n) is 3.30. The number of nitrogens with zero attached hydrogens (tertiary/aromatic N) is 3. The zero-order chi connectivity index (χ0) is 19.3. The van der Waals surface area contributed by atoms with Gasteiger partial charge in [-0.1, -0.05) is 6.07 Å². The number of hydrogen-bond donors (Lipinski definition) is 2. The molecule has 2 aromatic rings. The van der Waals surface area contributed by atoms with Gasteiger partial charge in [-0.05, 0) is 39.2 Å². The topological polar surface area (TPSA) is 53.1 Å². The van der Waals surface area contributed by atoms with Crippen molar-refractivity contribution in [2.45, 2.75) is 12.6 Å². The largest absolute Gasteiger partial charge is 0.433 e. The molecular weight excluding hydrogens is 357 g/mol. The minimum Gasteiger partial charge on any atom is -0.354 e. The van der Waals surface area contributed by atoms with Crippen LogP contribution in [0.5, 0.6) is 0 Å². The molecule has 0 saturated heterocycles. The molecular formula is C16H18F5N5. The summed E-state index contributed by atoms with van der Waals surface area (Å²) < 4.78 is 66.5. The summed E-state index contributed by atoms with van der Waals surface area (Å²) in [7, 11) is 3.73. The van der Waals surface area contributed by atoms with E-state index in [9.17, 15) is 22.0 Å².